The molecule has 3 rings (SSSR count). The molecule has 0 aliphatic rings. The van der Waals surface area contributed by atoms with E-state index in [1.807, 2.05) is 44.2 Å². The zero-order chi connectivity index (χ0) is 19.4. The van der Waals surface area contributed by atoms with Gasteiger partial charge < -0.3 is 5.32 Å². The van der Waals surface area contributed by atoms with Gasteiger partial charge in [0.05, 0.1) is 22.2 Å². The summed E-state index contributed by atoms with van der Waals surface area (Å²) in [5, 5.41) is 4.24. The fourth-order valence-electron chi connectivity index (χ4n) is 2.39. The molecule has 4 nitrogen and oxygen atoms in total. The molecule has 7 heteroatoms. The lowest BCUT2D eigenvalue weighted by atomic mass is 10.1. The molecule has 0 fully saturated rings. The first kappa shape index (κ1) is 19.7. The van der Waals surface area contributed by atoms with E-state index in [2.05, 4.69) is 15.3 Å². The molecule has 0 aliphatic heterocycles. The van der Waals surface area contributed by atoms with Crippen LogP contribution in [0.4, 0.5) is 5.69 Å². The van der Waals surface area contributed by atoms with Gasteiger partial charge >= 0.3 is 0 Å². The first-order valence-electron chi connectivity index (χ1n) is 8.21. The summed E-state index contributed by atoms with van der Waals surface area (Å²) < 4.78 is 0. The van der Waals surface area contributed by atoms with Crippen LogP contribution in [0.2, 0.25) is 10.0 Å². The molecular formula is C20H17Cl2N3OS. The van der Waals surface area contributed by atoms with Crippen LogP contribution in [0.15, 0.2) is 53.7 Å². The highest BCUT2D eigenvalue weighted by Gasteiger charge is 2.10. The molecule has 0 atom stereocenters. The molecule has 0 spiro atoms. The molecule has 27 heavy (non-hydrogen) atoms. The van der Waals surface area contributed by atoms with E-state index in [1.54, 1.807) is 18.2 Å². The van der Waals surface area contributed by atoms with Gasteiger partial charge in [-0.1, -0.05) is 64.8 Å². The second-order valence-corrected chi connectivity index (χ2v) is 7.79. The molecule has 0 saturated carbocycles. The van der Waals surface area contributed by atoms with E-state index in [4.69, 9.17) is 23.2 Å². The van der Waals surface area contributed by atoms with Crippen molar-refractivity contribution in [2.45, 2.75) is 19.0 Å². The van der Waals surface area contributed by atoms with E-state index in [0.717, 1.165) is 17.0 Å². The predicted octanol–water partition coefficient (Wildman–Crippen LogP) is 5.80. The Morgan fingerprint density at radius 2 is 1.78 bits per heavy atom. The van der Waals surface area contributed by atoms with Crippen LogP contribution in [0.1, 0.15) is 11.3 Å². The largest absolute Gasteiger partial charge is 0.324 e. The van der Waals surface area contributed by atoms with Crippen molar-refractivity contribution in [2.24, 2.45) is 0 Å². The van der Waals surface area contributed by atoms with Crippen molar-refractivity contribution in [1.82, 2.24) is 9.97 Å². The van der Waals surface area contributed by atoms with Crippen LogP contribution >= 0.6 is 35.0 Å². The zero-order valence-electron chi connectivity index (χ0n) is 14.8. The van der Waals surface area contributed by atoms with Crippen molar-refractivity contribution in [2.75, 3.05) is 11.1 Å². The summed E-state index contributed by atoms with van der Waals surface area (Å²) in [6.45, 7) is 3.96. The van der Waals surface area contributed by atoms with Gasteiger partial charge in [-0.2, -0.15) is 0 Å². The van der Waals surface area contributed by atoms with Gasteiger partial charge in [0.25, 0.3) is 0 Å². The number of carbonyl (C=O) groups excluding carboxylic acids is 1. The summed E-state index contributed by atoms with van der Waals surface area (Å²) in [5.74, 6) is -0.0124. The Kier molecular flexibility index (Phi) is 6.37. The number of aryl methyl sites for hydroxylation is 2. The Labute approximate surface area is 172 Å². The van der Waals surface area contributed by atoms with Gasteiger partial charge in [-0.05, 0) is 38.1 Å². The SMILES string of the molecule is Cc1ccc(-c2cc(C)nc(SCC(=O)Nc3ccc(Cl)cc3Cl)n2)cc1. The van der Waals surface area contributed by atoms with E-state index < -0.39 is 0 Å². The third-order valence-corrected chi connectivity index (χ3v) is 5.11. The number of anilines is 1. The molecule has 3 aromatic rings. The average molecular weight is 418 g/mol. The number of amides is 1. The van der Waals surface area contributed by atoms with Crippen LogP contribution in [0.3, 0.4) is 0 Å². The predicted molar refractivity (Wildman–Crippen MR) is 113 cm³/mol. The van der Waals surface area contributed by atoms with E-state index in [1.165, 1.54) is 17.3 Å². The lowest BCUT2D eigenvalue weighted by molar-refractivity contribution is -0.113. The maximum Gasteiger partial charge on any atom is 0.234 e. The molecule has 0 saturated heterocycles. The number of benzene rings is 2. The van der Waals surface area contributed by atoms with Crippen molar-refractivity contribution in [3.05, 3.63) is 69.8 Å². The lowest BCUT2D eigenvalue weighted by Crippen LogP contribution is -2.14. The Morgan fingerprint density at radius 3 is 2.48 bits per heavy atom. The van der Waals surface area contributed by atoms with Gasteiger partial charge in [-0.25, -0.2) is 9.97 Å². The van der Waals surface area contributed by atoms with Crippen LogP contribution in [0.25, 0.3) is 11.3 Å². The highest BCUT2D eigenvalue weighted by atomic mass is 35.5. The Balaban J connectivity index is 1.68. The van der Waals surface area contributed by atoms with Gasteiger partial charge in [-0.15, -0.1) is 0 Å². The standard InChI is InChI=1S/C20H17Cl2N3OS/c1-12-3-5-14(6-4-12)18-9-13(2)23-20(25-18)27-11-19(26)24-17-8-7-15(21)10-16(17)22/h3-10H,11H2,1-2H3,(H,24,26). The summed E-state index contributed by atoms with van der Waals surface area (Å²) in [6, 6.07) is 15.0. The van der Waals surface area contributed by atoms with Crippen molar-refractivity contribution in [1.29, 1.82) is 0 Å². The number of aromatic nitrogens is 2. The van der Waals surface area contributed by atoms with Crippen LogP contribution in [-0.4, -0.2) is 21.6 Å². The summed E-state index contributed by atoms with van der Waals surface area (Å²) in [6.07, 6.45) is 0. The summed E-state index contributed by atoms with van der Waals surface area (Å²) in [5.41, 5.74) is 4.43. The smallest absolute Gasteiger partial charge is 0.234 e. The highest BCUT2D eigenvalue weighted by molar-refractivity contribution is 7.99. The molecule has 0 bridgehead atoms. The number of rotatable bonds is 5. The minimum atomic E-state index is -0.189. The third-order valence-electron chi connectivity index (χ3n) is 3.72. The molecule has 1 amide bonds. The molecule has 0 radical (unpaired) electrons. The van der Waals surface area contributed by atoms with Crippen LogP contribution in [0, 0.1) is 13.8 Å². The Morgan fingerprint density at radius 1 is 1.04 bits per heavy atom. The first-order chi connectivity index (χ1) is 12.9. The molecule has 1 aromatic heterocycles. The second-order valence-electron chi connectivity index (χ2n) is 6.00. The number of carbonyl (C=O) groups is 1. The first-order valence-corrected chi connectivity index (χ1v) is 9.95. The fraction of sp³-hybridized carbons (Fsp3) is 0.150. The molecule has 2 aromatic carbocycles. The second kappa shape index (κ2) is 8.74. The molecule has 1 N–H and O–H groups in total. The molecule has 0 unspecified atom stereocenters. The highest BCUT2D eigenvalue weighted by Crippen LogP contribution is 2.26. The molecule has 138 valence electrons. The van der Waals surface area contributed by atoms with Gasteiger partial charge in [0.15, 0.2) is 5.16 Å². The topological polar surface area (TPSA) is 54.9 Å². The quantitative estimate of drug-likeness (QED) is 0.420. The zero-order valence-corrected chi connectivity index (χ0v) is 17.1. The van der Waals surface area contributed by atoms with Crippen molar-refractivity contribution in [3.63, 3.8) is 0 Å². The van der Waals surface area contributed by atoms with Crippen LogP contribution < -0.4 is 5.32 Å². The monoisotopic (exact) mass is 417 g/mol. The molecule has 1 heterocycles. The summed E-state index contributed by atoms with van der Waals surface area (Å²) in [4.78, 5) is 21.2. The number of halogens is 2. The van der Waals surface area contributed by atoms with E-state index in [0.29, 0.717) is 20.9 Å². The van der Waals surface area contributed by atoms with Gasteiger partial charge in [0.1, 0.15) is 0 Å². The minimum Gasteiger partial charge on any atom is -0.324 e. The Bertz CT molecular complexity index is 977. The van der Waals surface area contributed by atoms with Crippen molar-refractivity contribution >= 4 is 46.6 Å². The van der Waals surface area contributed by atoms with Gasteiger partial charge in [0.2, 0.25) is 5.91 Å². The maximum absolute atomic E-state index is 12.2. The normalized spacial score (nSPS) is 10.7. The average Bonchev–Trinajstić information content (AvgIpc) is 2.62. The number of nitrogens with one attached hydrogen (secondary N) is 1. The number of nitrogens with zero attached hydrogens (tertiary/aromatic N) is 2. The summed E-state index contributed by atoms with van der Waals surface area (Å²) in [7, 11) is 0. The van der Waals surface area contributed by atoms with Gasteiger partial charge in [-0.3, -0.25) is 4.79 Å². The minimum absolute atomic E-state index is 0.176. The number of thioether (sulfide) groups is 1. The Hall–Kier alpha value is -2.08. The number of hydrogen-bond acceptors (Lipinski definition) is 4. The molecule has 0 aliphatic carbocycles. The lowest BCUT2D eigenvalue weighted by Gasteiger charge is -2.08. The van der Waals surface area contributed by atoms with Crippen molar-refractivity contribution in [3.8, 4) is 11.3 Å². The fourth-order valence-corrected chi connectivity index (χ4v) is 3.54. The van der Waals surface area contributed by atoms with Gasteiger partial charge in [0, 0.05) is 16.3 Å². The van der Waals surface area contributed by atoms with Crippen LogP contribution in [0.5, 0.6) is 0 Å². The number of hydrogen-bond donors (Lipinski definition) is 1. The maximum atomic E-state index is 12.2. The van der Waals surface area contributed by atoms with Crippen LogP contribution in [-0.2, 0) is 4.79 Å². The van der Waals surface area contributed by atoms with E-state index in [9.17, 15) is 4.79 Å². The van der Waals surface area contributed by atoms with E-state index >= 15 is 0 Å². The third kappa shape index (κ3) is 5.45. The molecular weight excluding hydrogens is 401 g/mol. The van der Waals surface area contributed by atoms with E-state index in [-0.39, 0.29) is 11.7 Å². The van der Waals surface area contributed by atoms with Crippen molar-refractivity contribution < 1.29 is 4.79 Å². The summed E-state index contributed by atoms with van der Waals surface area (Å²) >= 11 is 13.2.